The zero-order valence-corrected chi connectivity index (χ0v) is 11.5. The van der Waals surface area contributed by atoms with Gasteiger partial charge in [0, 0.05) is 11.8 Å². The van der Waals surface area contributed by atoms with E-state index in [1.54, 1.807) is 24.3 Å². The van der Waals surface area contributed by atoms with Crippen LogP contribution < -0.4 is 5.32 Å². The van der Waals surface area contributed by atoms with Gasteiger partial charge >= 0.3 is 0 Å². The largest absolute Gasteiger partial charge is 0.351 e. The fraction of sp³-hybridized carbons (Fsp3) is 0. The molecule has 0 saturated carbocycles. The van der Waals surface area contributed by atoms with E-state index in [4.69, 9.17) is 4.52 Å². The van der Waals surface area contributed by atoms with E-state index in [2.05, 4.69) is 20.7 Å². The normalized spacial score (nSPS) is 10.7. The van der Waals surface area contributed by atoms with Gasteiger partial charge in [0.2, 0.25) is 5.76 Å². The zero-order valence-electron chi connectivity index (χ0n) is 11.5. The highest BCUT2D eigenvalue weighted by molar-refractivity contribution is 6.02. The molecule has 6 heteroatoms. The Morgan fingerprint density at radius 3 is 2.23 bits per heavy atom. The smallest absolute Gasteiger partial charge is 0.294 e. The zero-order chi connectivity index (χ0) is 15.2. The molecule has 0 saturated heterocycles. The van der Waals surface area contributed by atoms with Crippen molar-refractivity contribution in [1.29, 1.82) is 0 Å². The average Bonchev–Trinajstić information content (AvgIpc) is 3.10. The lowest BCUT2D eigenvalue weighted by atomic mass is 10.3. The summed E-state index contributed by atoms with van der Waals surface area (Å²) in [5.74, 6) is -0.191. The molecule has 0 spiro atoms. The number of aromatic nitrogens is 1. The van der Waals surface area contributed by atoms with Crippen LogP contribution in [0.5, 0.6) is 0 Å². The minimum atomic E-state index is -0.351. The van der Waals surface area contributed by atoms with E-state index in [1.165, 1.54) is 12.3 Å². The van der Waals surface area contributed by atoms with Crippen LogP contribution >= 0.6 is 0 Å². The minimum absolute atomic E-state index is 0.160. The van der Waals surface area contributed by atoms with Gasteiger partial charge in [0.25, 0.3) is 5.91 Å². The van der Waals surface area contributed by atoms with Gasteiger partial charge in [-0.05, 0) is 36.4 Å². The second-order valence-electron chi connectivity index (χ2n) is 4.41. The SMILES string of the molecule is O=C(Nc1ccc(N=Nc2ccccc2)cc1)c1ccno1. The van der Waals surface area contributed by atoms with Crippen LogP contribution in [0, 0.1) is 0 Å². The Morgan fingerprint density at radius 1 is 0.909 bits per heavy atom. The quantitative estimate of drug-likeness (QED) is 0.726. The summed E-state index contributed by atoms with van der Waals surface area (Å²) in [6, 6.07) is 18.0. The molecule has 0 aliphatic rings. The van der Waals surface area contributed by atoms with Crippen LogP contribution in [-0.4, -0.2) is 11.1 Å². The highest BCUT2D eigenvalue weighted by Gasteiger charge is 2.09. The summed E-state index contributed by atoms with van der Waals surface area (Å²) in [5, 5.41) is 14.4. The second-order valence-corrected chi connectivity index (χ2v) is 4.41. The lowest BCUT2D eigenvalue weighted by Crippen LogP contribution is -2.10. The van der Waals surface area contributed by atoms with Gasteiger partial charge in [-0.2, -0.15) is 10.2 Å². The summed E-state index contributed by atoms with van der Waals surface area (Å²) in [6.45, 7) is 0. The van der Waals surface area contributed by atoms with Crippen LogP contribution in [0.4, 0.5) is 17.1 Å². The number of azo groups is 1. The van der Waals surface area contributed by atoms with Crippen molar-refractivity contribution in [1.82, 2.24) is 5.16 Å². The molecule has 0 aliphatic carbocycles. The van der Waals surface area contributed by atoms with E-state index in [1.807, 2.05) is 30.3 Å². The van der Waals surface area contributed by atoms with E-state index in [0.29, 0.717) is 11.4 Å². The summed E-state index contributed by atoms with van der Waals surface area (Å²) in [6.07, 6.45) is 1.42. The third kappa shape index (κ3) is 3.43. The number of nitrogens with zero attached hydrogens (tertiary/aromatic N) is 3. The highest BCUT2D eigenvalue weighted by atomic mass is 16.5. The number of carbonyl (C=O) groups excluding carboxylic acids is 1. The van der Waals surface area contributed by atoms with Crippen LogP contribution in [0.1, 0.15) is 10.6 Å². The number of benzene rings is 2. The standard InChI is InChI=1S/C16H12N4O2/c21-16(15-10-11-17-22-15)18-12-6-8-14(9-7-12)20-19-13-4-2-1-3-5-13/h1-11H,(H,18,21). The number of carbonyl (C=O) groups is 1. The molecule has 0 atom stereocenters. The molecule has 1 aromatic heterocycles. The predicted molar refractivity (Wildman–Crippen MR) is 81.5 cm³/mol. The van der Waals surface area contributed by atoms with E-state index >= 15 is 0 Å². The minimum Gasteiger partial charge on any atom is -0.351 e. The molecule has 0 radical (unpaired) electrons. The molecule has 1 heterocycles. The maximum atomic E-state index is 11.8. The molecule has 1 amide bonds. The lowest BCUT2D eigenvalue weighted by Gasteiger charge is -2.02. The summed E-state index contributed by atoms with van der Waals surface area (Å²) in [7, 11) is 0. The molecule has 0 aliphatic heterocycles. The number of hydrogen-bond acceptors (Lipinski definition) is 5. The Balaban J connectivity index is 1.65. The van der Waals surface area contributed by atoms with Crippen molar-refractivity contribution in [3.05, 3.63) is 72.6 Å². The van der Waals surface area contributed by atoms with Gasteiger partial charge in [-0.1, -0.05) is 23.4 Å². The van der Waals surface area contributed by atoms with Gasteiger partial charge in [-0.25, -0.2) is 0 Å². The van der Waals surface area contributed by atoms with E-state index < -0.39 is 0 Å². The first-order chi connectivity index (χ1) is 10.8. The van der Waals surface area contributed by atoms with Crippen molar-refractivity contribution < 1.29 is 9.32 Å². The van der Waals surface area contributed by atoms with Gasteiger partial charge in [0.1, 0.15) is 0 Å². The molecule has 0 fully saturated rings. The highest BCUT2D eigenvalue weighted by Crippen LogP contribution is 2.20. The summed E-state index contributed by atoms with van der Waals surface area (Å²) >= 11 is 0. The number of amides is 1. The first kappa shape index (κ1) is 13.7. The Kier molecular flexibility index (Phi) is 4.01. The van der Waals surface area contributed by atoms with Gasteiger partial charge < -0.3 is 9.84 Å². The third-order valence-electron chi connectivity index (χ3n) is 2.82. The predicted octanol–water partition coefficient (Wildman–Crippen LogP) is 4.34. The van der Waals surface area contributed by atoms with Gasteiger partial charge in [0.15, 0.2) is 0 Å². The van der Waals surface area contributed by atoms with Crippen molar-refractivity contribution in [3.8, 4) is 0 Å². The van der Waals surface area contributed by atoms with Gasteiger partial charge in [-0.15, -0.1) is 0 Å². The topological polar surface area (TPSA) is 79.9 Å². The summed E-state index contributed by atoms with van der Waals surface area (Å²) in [5.41, 5.74) is 2.12. The summed E-state index contributed by atoms with van der Waals surface area (Å²) in [4.78, 5) is 11.8. The molecule has 22 heavy (non-hydrogen) atoms. The maximum absolute atomic E-state index is 11.8. The van der Waals surface area contributed by atoms with Gasteiger partial charge in [0.05, 0.1) is 17.6 Å². The second kappa shape index (κ2) is 6.45. The fourth-order valence-electron chi connectivity index (χ4n) is 1.75. The molecule has 0 bridgehead atoms. The van der Waals surface area contributed by atoms with Gasteiger partial charge in [-0.3, -0.25) is 4.79 Å². The van der Waals surface area contributed by atoms with E-state index in [0.717, 1.165) is 5.69 Å². The molecule has 108 valence electrons. The molecule has 0 unspecified atom stereocenters. The Morgan fingerprint density at radius 2 is 1.59 bits per heavy atom. The first-order valence-corrected chi connectivity index (χ1v) is 6.60. The molecule has 6 nitrogen and oxygen atoms in total. The number of hydrogen-bond donors (Lipinski definition) is 1. The van der Waals surface area contributed by atoms with E-state index in [9.17, 15) is 4.79 Å². The van der Waals surface area contributed by atoms with Crippen LogP contribution in [0.2, 0.25) is 0 Å². The van der Waals surface area contributed by atoms with Crippen LogP contribution in [0.15, 0.2) is 81.6 Å². The van der Waals surface area contributed by atoms with Crippen LogP contribution in [-0.2, 0) is 0 Å². The molecule has 1 N–H and O–H groups in total. The van der Waals surface area contributed by atoms with Crippen molar-refractivity contribution in [2.75, 3.05) is 5.32 Å². The number of anilines is 1. The molecule has 3 aromatic rings. The Bertz CT molecular complexity index is 766. The third-order valence-corrected chi connectivity index (χ3v) is 2.82. The molecule has 3 rings (SSSR count). The van der Waals surface area contributed by atoms with E-state index in [-0.39, 0.29) is 11.7 Å². The fourth-order valence-corrected chi connectivity index (χ4v) is 1.75. The first-order valence-electron chi connectivity index (χ1n) is 6.60. The van der Waals surface area contributed by atoms with Crippen molar-refractivity contribution in [2.24, 2.45) is 10.2 Å². The van der Waals surface area contributed by atoms with Crippen molar-refractivity contribution in [3.63, 3.8) is 0 Å². The van der Waals surface area contributed by atoms with Crippen LogP contribution in [0.25, 0.3) is 0 Å². The summed E-state index contributed by atoms with van der Waals surface area (Å²) < 4.78 is 4.78. The lowest BCUT2D eigenvalue weighted by molar-refractivity contribution is 0.0988. The monoisotopic (exact) mass is 292 g/mol. The molecular formula is C16H12N4O2. The van der Waals surface area contributed by atoms with Crippen molar-refractivity contribution >= 4 is 23.0 Å². The maximum Gasteiger partial charge on any atom is 0.294 e. The number of nitrogens with one attached hydrogen (secondary N) is 1. The van der Waals surface area contributed by atoms with Crippen molar-refractivity contribution in [2.45, 2.75) is 0 Å². The molecular weight excluding hydrogens is 280 g/mol. The number of rotatable bonds is 4. The Hall–Kier alpha value is -3.28. The Labute approximate surface area is 126 Å². The van der Waals surface area contributed by atoms with Crippen LogP contribution in [0.3, 0.4) is 0 Å². The average molecular weight is 292 g/mol. The molecule has 2 aromatic carbocycles.